The Morgan fingerprint density at radius 1 is 1.33 bits per heavy atom. The lowest BCUT2D eigenvalue weighted by atomic mass is 10.3. The Hall–Kier alpha value is -1.86. The van der Waals surface area contributed by atoms with Gasteiger partial charge in [0.1, 0.15) is 12.4 Å². The van der Waals surface area contributed by atoms with Crippen molar-refractivity contribution in [1.29, 1.82) is 0 Å². The average molecular weight is 267 g/mol. The van der Waals surface area contributed by atoms with Crippen LogP contribution in [0.15, 0.2) is 41.7 Å². The van der Waals surface area contributed by atoms with E-state index in [1.165, 1.54) is 12.1 Å². The van der Waals surface area contributed by atoms with E-state index in [0.717, 1.165) is 5.69 Å². The smallest absolute Gasteiger partial charge is 0.238 e. The molecule has 0 aliphatic rings. The van der Waals surface area contributed by atoms with Gasteiger partial charge in [0.25, 0.3) is 0 Å². The van der Waals surface area contributed by atoms with E-state index in [4.69, 9.17) is 9.88 Å². The van der Waals surface area contributed by atoms with Crippen LogP contribution in [0, 0.1) is 0 Å². The van der Waals surface area contributed by atoms with Crippen LogP contribution in [0.2, 0.25) is 0 Å². The van der Waals surface area contributed by atoms with E-state index in [0.29, 0.717) is 12.4 Å². The minimum Gasteiger partial charge on any atom is -0.487 e. The molecule has 2 aromatic rings. The zero-order valence-corrected chi connectivity index (χ0v) is 10.6. The van der Waals surface area contributed by atoms with E-state index in [-0.39, 0.29) is 4.90 Å². The van der Waals surface area contributed by atoms with Gasteiger partial charge in [-0.2, -0.15) is 0 Å². The lowest BCUT2D eigenvalue weighted by Gasteiger charge is -2.07. The molecular formula is C11H13N3O3S. The number of aryl methyl sites for hydroxylation is 1. The highest BCUT2D eigenvalue weighted by Gasteiger charge is 2.07. The molecule has 0 unspecified atom stereocenters. The Bertz CT molecular complexity index is 632. The molecule has 0 saturated carbocycles. The SMILES string of the molecule is Cn1cncc1COc1ccc(S(N)(=O)=O)cc1. The van der Waals surface area contributed by atoms with E-state index in [2.05, 4.69) is 4.98 Å². The Labute approximate surface area is 105 Å². The van der Waals surface area contributed by atoms with Gasteiger partial charge in [-0.25, -0.2) is 18.5 Å². The number of nitrogens with two attached hydrogens (primary N) is 1. The lowest BCUT2D eigenvalue weighted by molar-refractivity contribution is 0.297. The van der Waals surface area contributed by atoms with E-state index in [1.807, 2.05) is 11.6 Å². The number of rotatable bonds is 4. The first-order valence-electron chi connectivity index (χ1n) is 5.17. The van der Waals surface area contributed by atoms with Crippen molar-refractivity contribution in [1.82, 2.24) is 9.55 Å². The fraction of sp³-hybridized carbons (Fsp3) is 0.182. The van der Waals surface area contributed by atoms with Crippen LogP contribution >= 0.6 is 0 Å². The van der Waals surface area contributed by atoms with Gasteiger partial charge in [0.05, 0.1) is 23.1 Å². The summed E-state index contributed by atoms with van der Waals surface area (Å²) >= 11 is 0. The average Bonchev–Trinajstić information content (AvgIpc) is 2.72. The molecule has 1 aromatic heterocycles. The van der Waals surface area contributed by atoms with Crippen LogP contribution in [0.5, 0.6) is 5.75 Å². The van der Waals surface area contributed by atoms with Crippen molar-refractivity contribution < 1.29 is 13.2 Å². The van der Waals surface area contributed by atoms with Crippen molar-refractivity contribution in [3.8, 4) is 5.75 Å². The molecule has 2 N–H and O–H groups in total. The second-order valence-corrected chi connectivity index (χ2v) is 5.36. The zero-order chi connectivity index (χ0) is 13.2. The van der Waals surface area contributed by atoms with Gasteiger partial charge < -0.3 is 9.30 Å². The monoisotopic (exact) mass is 267 g/mol. The normalized spacial score (nSPS) is 11.4. The number of imidazole rings is 1. The van der Waals surface area contributed by atoms with Crippen molar-refractivity contribution in [2.75, 3.05) is 0 Å². The summed E-state index contributed by atoms with van der Waals surface area (Å²) in [6.07, 6.45) is 3.39. The van der Waals surface area contributed by atoms with Gasteiger partial charge in [0, 0.05) is 7.05 Å². The quantitative estimate of drug-likeness (QED) is 0.881. The van der Waals surface area contributed by atoms with Crippen LogP contribution in [0.3, 0.4) is 0 Å². The molecule has 0 bridgehead atoms. The zero-order valence-electron chi connectivity index (χ0n) is 9.78. The summed E-state index contributed by atoms with van der Waals surface area (Å²) in [5, 5.41) is 5.00. The predicted molar refractivity (Wildman–Crippen MR) is 65.4 cm³/mol. The predicted octanol–water partition coefficient (Wildman–Crippen LogP) is 0.646. The molecule has 0 spiro atoms. The van der Waals surface area contributed by atoms with Crippen molar-refractivity contribution in [3.05, 3.63) is 42.5 Å². The van der Waals surface area contributed by atoms with Gasteiger partial charge in [-0.15, -0.1) is 0 Å². The molecule has 2 rings (SSSR count). The molecule has 7 heteroatoms. The highest BCUT2D eigenvalue weighted by atomic mass is 32.2. The molecule has 0 aliphatic carbocycles. The summed E-state index contributed by atoms with van der Waals surface area (Å²) in [4.78, 5) is 4.03. The molecule has 0 radical (unpaired) electrons. The fourth-order valence-corrected chi connectivity index (χ4v) is 1.92. The summed E-state index contributed by atoms with van der Waals surface area (Å²) < 4.78 is 29.5. The molecule has 1 aromatic carbocycles. The molecule has 1 heterocycles. The van der Waals surface area contributed by atoms with Crippen molar-refractivity contribution in [2.45, 2.75) is 11.5 Å². The first-order valence-corrected chi connectivity index (χ1v) is 6.72. The van der Waals surface area contributed by atoms with Crippen LogP contribution in [-0.4, -0.2) is 18.0 Å². The topological polar surface area (TPSA) is 87.2 Å². The summed E-state index contributed by atoms with van der Waals surface area (Å²) in [5.74, 6) is 0.573. The molecular weight excluding hydrogens is 254 g/mol. The first kappa shape index (κ1) is 12.6. The Kier molecular flexibility index (Phi) is 3.35. The van der Waals surface area contributed by atoms with Crippen LogP contribution in [-0.2, 0) is 23.7 Å². The number of aromatic nitrogens is 2. The summed E-state index contributed by atoms with van der Waals surface area (Å²) in [5.41, 5.74) is 0.922. The minimum atomic E-state index is -3.65. The Morgan fingerprint density at radius 3 is 2.50 bits per heavy atom. The van der Waals surface area contributed by atoms with Gasteiger partial charge in [-0.1, -0.05) is 0 Å². The van der Waals surface area contributed by atoms with E-state index < -0.39 is 10.0 Å². The number of primary sulfonamides is 1. The van der Waals surface area contributed by atoms with Crippen LogP contribution < -0.4 is 9.88 Å². The Morgan fingerprint density at radius 2 is 2.00 bits per heavy atom. The maximum Gasteiger partial charge on any atom is 0.238 e. The lowest BCUT2D eigenvalue weighted by Crippen LogP contribution is -2.11. The number of hydrogen-bond acceptors (Lipinski definition) is 4. The fourth-order valence-electron chi connectivity index (χ4n) is 1.41. The largest absolute Gasteiger partial charge is 0.487 e. The number of hydrogen-bond donors (Lipinski definition) is 1. The molecule has 18 heavy (non-hydrogen) atoms. The molecule has 96 valence electrons. The third kappa shape index (κ3) is 2.88. The first-order chi connectivity index (χ1) is 8.47. The highest BCUT2D eigenvalue weighted by molar-refractivity contribution is 7.89. The number of sulfonamides is 1. The Balaban J connectivity index is 2.05. The second kappa shape index (κ2) is 4.79. The van der Waals surface area contributed by atoms with Gasteiger partial charge >= 0.3 is 0 Å². The van der Waals surface area contributed by atoms with Gasteiger partial charge in [0.2, 0.25) is 10.0 Å². The maximum absolute atomic E-state index is 11.1. The molecule has 0 saturated heterocycles. The number of benzene rings is 1. The third-order valence-electron chi connectivity index (χ3n) is 2.46. The van der Waals surface area contributed by atoms with Crippen LogP contribution in [0.25, 0.3) is 0 Å². The minimum absolute atomic E-state index is 0.0652. The molecule has 0 fully saturated rings. The summed E-state index contributed by atoms with van der Waals surface area (Å²) in [6, 6.07) is 5.95. The van der Waals surface area contributed by atoms with E-state index in [9.17, 15) is 8.42 Å². The molecule has 6 nitrogen and oxygen atoms in total. The molecule has 0 aliphatic heterocycles. The molecule has 0 atom stereocenters. The van der Waals surface area contributed by atoms with Crippen LogP contribution in [0.1, 0.15) is 5.69 Å². The highest BCUT2D eigenvalue weighted by Crippen LogP contribution is 2.16. The van der Waals surface area contributed by atoms with Gasteiger partial charge in [-0.05, 0) is 24.3 Å². The third-order valence-corrected chi connectivity index (χ3v) is 3.38. The van der Waals surface area contributed by atoms with Gasteiger partial charge in [-0.3, -0.25) is 0 Å². The van der Waals surface area contributed by atoms with Crippen LogP contribution in [0.4, 0.5) is 0 Å². The van der Waals surface area contributed by atoms with Gasteiger partial charge in [0.15, 0.2) is 0 Å². The van der Waals surface area contributed by atoms with E-state index in [1.54, 1.807) is 24.7 Å². The summed E-state index contributed by atoms with van der Waals surface area (Å²) in [7, 11) is -1.78. The number of ether oxygens (including phenoxy) is 1. The van der Waals surface area contributed by atoms with E-state index >= 15 is 0 Å². The maximum atomic E-state index is 11.1. The van der Waals surface area contributed by atoms with Crippen molar-refractivity contribution >= 4 is 10.0 Å². The molecule has 0 amide bonds. The number of nitrogens with zero attached hydrogens (tertiary/aromatic N) is 2. The standard InChI is InChI=1S/C11H13N3O3S/c1-14-8-13-6-9(14)7-17-10-2-4-11(5-3-10)18(12,15)16/h2-6,8H,7H2,1H3,(H2,12,15,16). The second-order valence-electron chi connectivity index (χ2n) is 3.80. The van der Waals surface area contributed by atoms with Crippen molar-refractivity contribution in [2.24, 2.45) is 12.2 Å². The van der Waals surface area contributed by atoms with Crippen molar-refractivity contribution in [3.63, 3.8) is 0 Å². The summed E-state index contributed by atoms with van der Waals surface area (Å²) in [6.45, 7) is 0.366.